The number of aryl methyl sites for hydroxylation is 1. The van der Waals surface area contributed by atoms with E-state index < -0.39 is 0 Å². The summed E-state index contributed by atoms with van der Waals surface area (Å²) in [4.78, 5) is 9.95. The summed E-state index contributed by atoms with van der Waals surface area (Å²) < 4.78 is 0. The molecule has 1 rings (SSSR count). The first kappa shape index (κ1) is 11.5. The lowest BCUT2D eigenvalue weighted by Crippen LogP contribution is -1.86. The molecule has 0 aliphatic heterocycles. The van der Waals surface area contributed by atoms with Crippen LogP contribution >= 0.6 is 23.2 Å². The summed E-state index contributed by atoms with van der Waals surface area (Å²) in [5.41, 5.74) is 1.16. The van der Waals surface area contributed by atoms with Crippen molar-refractivity contribution in [1.29, 1.82) is 0 Å². The van der Waals surface area contributed by atoms with Crippen LogP contribution in [-0.4, -0.2) is 6.29 Å². The molecule has 0 aromatic heterocycles. The Labute approximate surface area is 94.0 Å². The molecule has 1 nitrogen and oxygen atoms in total. The van der Waals surface area contributed by atoms with Crippen LogP contribution in [0.1, 0.15) is 24.8 Å². The highest BCUT2D eigenvalue weighted by Gasteiger charge is 1.99. The highest BCUT2D eigenvalue weighted by molar-refractivity contribution is 6.42. The Balaban J connectivity index is 2.43. The SMILES string of the molecule is O=[C]CCCCc1ccc(Cl)c(Cl)c1. The minimum Gasteiger partial charge on any atom is -0.291 e. The van der Waals surface area contributed by atoms with Crippen LogP contribution in [0.25, 0.3) is 0 Å². The molecule has 3 heteroatoms. The Morgan fingerprint density at radius 2 is 1.93 bits per heavy atom. The first-order chi connectivity index (χ1) is 6.74. The van der Waals surface area contributed by atoms with Crippen molar-refractivity contribution < 1.29 is 4.79 Å². The number of rotatable bonds is 5. The van der Waals surface area contributed by atoms with Crippen LogP contribution < -0.4 is 0 Å². The second-order valence-corrected chi connectivity index (χ2v) is 3.91. The van der Waals surface area contributed by atoms with Gasteiger partial charge in [-0.25, -0.2) is 0 Å². The van der Waals surface area contributed by atoms with Gasteiger partial charge in [-0.05, 0) is 37.0 Å². The average Bonchev–Trinajstić information content (AvgIpc) is 2.18. The fraction of sp³-hybridized carbons (Fsp3) is 0.364. The van der Waals surface area contributed by atoms with Gasteiger partial charge >= 0.3 is 0 Å². The Bertz CT molecular complexity index is 310. The molecular weight excluding hydrogens is 219 g/mol. The molecule has 0 atom stereocenters. The molecule has 0 bridgehead atoms. The van der Waals surface area contributed by atoms with Crippen LogP contribution in [0.2, 0.25) is 10.0 Å². The minimum atomic E-state index is 0.515. The van der Waals surface area contributed by atoms with E-state index in [0.717, 1.165) is 24.8 Å². The quantitative estimate of drug-likeness (QED) is 0.703. The van der Waals surface area contributed by atoms with Crippen molar-refractivity contribution in [2.24, 2.45) is 0 Å². The number of hydrogen-bond acceptors (Lipinski definition) is 1. The van der Waals surface area contributed by atoms with Crippen molar-refractivity contribution in [3.8, 4) is 0 Å². The third kappa shape index (κ3) is 3.69. The van der Waals surface area contributed by atoms with Crippen LogP contribution in [0, 0.1) is 0 Å². The normalized spacial score (nSPS) is 10.1. The van der Waals surface area contributed by atoms with E-state index in [1.807, 2.05) is 18.4 Å². The summed E-state index contributed by atoms with van der Waals surface area (Å²) in [6.07, 6.45) is 5.18. The van der Waals surface area contributed by atoms with Crippen LogP contribution in [-0.2, 0) is 11.2 Å². The molecular formula is C11H11Cl2O. The van der Waals surface area contributed by atoms with Gasteiger partial charge in [0.05, 0.1) is 10.0 Å². The highest BCUT2D eigenvalue weighted by Crippen LogP contribution is 2.23. The first-order valence-corrected chi connectivity index (χ1v) is 5.28. The molecule has 0 heterocycles. The largest absolute Gasteiger partial charge is 0.291 e. The van der Waals surface area contributed by atoms with Gasteiger partial charge in [0.25, 0.3) is 0 Å². The lowest BCUT2D eigenvalue weighted by molar-refractivity contribution is 0.546. The molecule has 0 saturated heterocycles. The molecule has 75 valence electrons. The maximum Gasteiger partial charge on any atom is 0.198 e. The minimum absolute atomic E-state index is 0.515. The number of carbonyl (C=O) groups excluding carboxylic acids is 1. The molecule has 0 aliphatic carbocycles. The predicted octanol–water partition coefficient (Wildman–Crippen LogP) is 3.82. The smallest absolute Gasteiger partial charge is 0.198 e. The van der Waals surface area contributed by atoms with Gasteiger partial charge in [-0.1, -0.05) is 29.3 Å². The fourth-order valence-corrected chi connectivity index (χ4v) is 1.54. The van der Waals surface area contributed by atoms with Crippen molar-refractivity contribution in [2.75, 3.05) is 0 Å². The lowest BCUT2D eigenvalue weighted by Gasteiger charge is -2.01. The number of hydrogen-bond donors (Lipinski definition) is 0. The zero-order valence-electron chi connectivity index (χ0n) is 7.72. The maximum absolute atomic E-state index is 9.95. The number of unbranched alkanes of at least 4 members (excludes halogenated alkanes) is 2. The van der Waals surface area contributed by atoms with E-state index in [2.05, 4.69) is 0 Å². The molecule has 0 N–H and O–H groups in total. The van der Waals surface area contributed by atoms with Gasteiger partial charge in [0.1, 0.15) is 0 Å². The molecule has 0 aliphatic rings. The fourth-order valence-electron chi connectivity index (χ4n) is 1.22. The summed E-state index contributed by atoms with van der Waals surface area (Å²) in [5, 5.41) is 1.17. The van der Waals surface area contributed by atoms with Gasteiger partial charge in [0, 0.05) is 6.42 Å². The summed E-state index contributed by atoms with van der Waals surface area (Å²) in [6, 6.07) is 5.62. The summed E-state index contributed by atoms with van der Waals surface area (Å²) >= 11 is 11.6. The summed E-state index contributed by atoms with van der Waals surface area (Å²) in [7, 11) is 0. The monoisotopic (exact) mass is 229 g/mol. The number of benzene rings is 1. The van der Waals surface area contributed by atoms with Crippen molar-refractivity contribution in [2.45, 2.75) is 25.7 Å². The summed E-state index contributed by atoms with van der Waals surface area (Å²) in [6.45, 7) is 0. The standard InChI is InChI=1S/C11H11Cl2O/c12-10-6-5-9(8-11(10)13)4-2-1-3-7-14/h5-6,8H,1-4H2. The maximum atomic E-state index is 9.95. The second-order valence-electron chi connectivity index (χ2n) is 3.10. The Kier molecular flexibility index (Phi) is 4.99. The van der Waals surface area contributed by atoms with Crippen molar-refractivity contribution in [3.63, 3.8) is 0 Å². The molecule has 0 unspecified atom stereocenters. The molecule has 0 saturated carbocycles. The van der Waals surface area contributed by atoms with Gasteiger partial charge in [0.15, 0.2) is 6.29 Å². The molecule has 1 aromatic carbocycles. The van der Waals surface area contributed by atoms with Crippen molar-refractivity contribution in [3.05, 3.63) is 33.8 Å². The second kappa shape index (κ2) is 6.05. The number of halogens is 2. The third-order valence-corrected chi connectivity index (χ3v) is 2.72. The zero-order chi connectivity index (χ0) is 10.4. The molecule has 1 radical (unpaired) electrons. The molecule has 14 heavy (non-hydrogen) atoms. The van der Waals surface area contributed by atoms with Crippen molar-refractivity contribution >= 4 is 29.5 Å². The van der Waals surface area contributed by atoms with E-state index in [9.17, 15) is 4.79 Å². The Morgan fingerprint density at radius 1 is 1.14 bits per heavy atom. The van der Waals surface area contributed by atoms with E-state index in [4.69, 9.17) is 23.2 Å². The van der Waals surface area contributed by atoms with Crippen LogP contribution in [0.3, 0.4) is 0 Å². The molecule has 0 amide bonds. The van der Waals surface area contributed by atoms with Gasteiger partial charge in [-0.2, -0.15) is 0 Å². The highest BCUT2D eigenvalue weighted by atomic mass is 35.5. The van der Waals surface area contributed by atoms with E-state index >= 15 is 0 Å². The van der Waals surface area contributed by atoms with E-state index in [1.165, 1.54) is 0 Å². The van der Waals surface area contributed by atoms with Gasteiger partial charge in [-0.3, -0.25) is 4.79 Å². The molecule has 0 fully saturated rings. The van der Waals surface area contributed by atoms with Crippen LogP contribution in [0.4, 0.5) is 0 Å². The Hall–Kier alpha value is -0.530. The summed E-state index contributed by atoms with van der Waals surface area (Å²) in [5.74, 6) is 0. The van der Waals surface area contributed by atoms with Crippen molar-refractivity contribution in [1.82, 2.24) is 0 Å². The van der Waals surface area contributed by atoms with Gasteiger partial charge < -0.3 is 0 Å². The Morgan fingerprint density at radius 3 is 2.57 bits per heavy atom. The van der Waals surface area contributed by atoms with Gasteiger partial charge in [0.2, 0.25) is 0 Å². The average molecular weight is 230 g/mol. The molecule has 0 spiro atoms. The van der Waals surface area contributed by atoms with Gasteiger partial charge in [-0.15, -0.1) is 0 Å². The van der Waals surface area contributed by atoms with E-state index in [-0.39, 0.29) is 0 Å². The third-order valence-electron chi connectivity index (χ3n) is 1.98. The first-order valence-electron chi connectivity index (χ1n) is 4.53. The van der Waals surface area contributed by atoms with E-state index in [0.29, 0.717) is 16.5 Å². The lowest BCUT2D eigenvalue weighted by atomic mass is 10.1. The predicted molar refractivity (Wildman–Crippen MR) is 59.7 cm³/mol. The topological polar surface area (TPSA) is 17.1 Å². The van der Waals surface area contributed by atoms with Crippen LogP contribution in [0.5, 0.6) is 0 Å². The van der Waals surface area contributed by atoms with Crippen LogP contribution in [0.15, 0.2) is 18.2 Å². The molecule has 1 aromatic rings. The van der Waals surface area contributed by atoms with E-state index in [1.54, 1.807) is 6.07 Å². The zero-order valence-corrected chi connectivity index (χ0v) is 9.24.